The van der Waals surface area contributed by atoms with E-state index < -0.39 is 6.04 Å². The molecular formula is C29H29N5O4S. The number of thioether (sulfide) groups is 1. The molecule has 0 saturated heterocycles. The molecule has 0 radical (unpaired) electrons. The lowest BCUT2D eigenvalue weighted by molar-refractivity contribution is -0.113. The maximum atomic E-state index is 13.8. The monoisotopic (exact) mass is 543 g/mol. The number of hydrogen-bond acceptors (Lipinski definition) is 8. The lowest BCUT2D eigenvalue weighted by Gasteiger charge is -2.29. The topological polar surface area (TPSA) is 99.5 Å². The molecule has 200 valence electrons. The summed E-state index contributed by atoms with van der Waals surface area (Å²) in [5, 5.41) is 11.7. The van der Waals surface area contributed by atoms with Crippen LogP contribution in [-0.4, -0.2) is 42.0 Å². The Bertz CT molecular complexity index is 1480. The number of nitrogens with one attached hydrogen (secondary N) is 2. The highest BCUT2D eigenvalue weighted by Crippen LogP contribution is 2.44. The second kappa shape index (κ2) is 11.5. The summed E-state index contributed by atoms with van der Waals surface area (Å²) in [6.07, 6.45) is 0. The van der Waals surface area contributed by atoms with Crippen LogP contribution in [-0.2, 0) is 10.5 Å². The Morgan fingerprint density at radius 3 is 2.23 bits per heavy atom. The molecule has 0 unspecified atom stereocenters. The van der Waals surface area contributed by atoms with Crippen molar-refractivity contribution in [3.05, 3.63) is 95.2 Å². The molecule has 1 aliphatic heterocycles. The molecule has 39 heavy (non-hydrogen) atoms. The highest BCUT2D eigenvalue weighted by molar-refractivity contribution is 7.98. The number of aromatic nitrogens is 3. The zero-order valence-electron chi connectivity index (χ0n) is 22.1. The van der Waals surface area contributed by atoms with Gasteiger partial charge in [0.15, 0.2) is 11.5 Å². The van der Waals surface area contributed by atoms with E-state index in [9.17, 15) is 4.79 Å². The van der Waals surface area contributed by atoms with Crippen molar-refractivity contribution in [1.29, 1.82) is 0 Å². The first-order valence-corrected chi connectivity index (χ1v) is 13.3. The van der Waals surface area contributed by atoms with E-state index >= 15 is 0 Å². The van der Waals surface area contributed by atoms with Gasteiger partial charge in [-0.3, -0.25) is 4.79 Å². The minimum atomic E-state index is -0.614. The molecule has 0 saturated carbocycles. The number of allylic oxidation sites excluding steroid dienone is 1. The summed E-state index contributed by atoms with van der Waals surface area (Å²) in [6.45, 7) is 1.86. The van der Waals surface area contributed by atoms with Crippen molar-refractivity contribution >= 4 is 29.3 Å². The number of nitrogens with zero attached hydrogens (tertiary/aromatic N) is 3. The maximum absolute atomic E-state index is 13.8. The second-order valence-electron chi connectivity index (χ2n) is 8.78. The van der Waals surface area contributed by atoms with Gasteiger partial charge in [0.05, 0.1) is 26.9 Å². The standard InChI is InChI=1S/C29H29N5O4S/c1-18-24(27(35)31-21-13-9-6-10-14-21)25(20-15-22(36-2)26(38-4)23(16-20)37-3)34-28(30-18)32-29(33-34)39-17-19-11-7-5-8-12-19/h5-16,25H,17H2,1-4H3,(H,31,35)(H,30,32,33)/t25-/m1/s1. The van der Waals surface area contributed by atoms with Crippen LogP contribution in [0.1, 0.15) is 24.1 Å². The first-order chi connectivity index (χ1) is 19.0. The molecule has 2 N–H and O–H groups in total. The van der Waals surface area contributed by atoms with Crippen LogP contribution in [0.25, 0.3) is 0 Å². The molecule has 0 aliphatic carbocycles. The van der Waals surface area contributed by atoms with E-state index in [2.05, 4.69) is 22.8 Å². The molecular weight excluding hydrogens is 514 g/mol. The molecule has 5 rings (SSSR count). The van der Waals surface area contributed by atoms with E-state index in [-0.39, 0.29) is 5.91 Å². The average Bonchev–Trinajstić information content (AvgIpc) is 3.37. The van der Waals surface area contributed by atoms with Crippen molar-refractivity contribution in [2.24, 2.45) is 0 Å². The van der Waals surface area contributed by atoms with Crippen molar-refractivity contribution in [2.75, 3.05) is 32.0 Å². The summed E-state index contributed by atoms with van der Waals surface area (Å²) in [4.78, 5) is 18.5. The first-order valence-electron chi connectivity index (χ1n) is 12.3. The quantitative estimate of drug-likeness (QED) is 0.266. The number of fused-ring (bicyclic) bond motifs is 1. The zero-order chi connectivity index (χ0) is 27.4. The third kappa shape index (κ3) is 5.42. The Balaban J connectivity index is 1.58. The lowest BCUT2D eigenvalue weighted by atomic mass is 9.94. The molecule has 1 amide bonds. The van der Waals surface area contributed by atoms with Crippen LogP contribution in [0, 0.1) is 0 Å². The van der Waals surface area contributed by atoms with E-state index in [1.807, 2.05) is 67.6 Å². The van der Waals surface area contributed by atoms with Gasteiger partial charge in [-0.1, -0.05) is 60.3 Å². The Kier molecular flexibility index (Phi) is 7.74. The summed E-state index contributed by atoms with van der Waals surface area (Å²) >= 11 is 1.53. The first kappa shape index (κ1) is 26.2. The Labute approximate surface area is 231 Å². The van der Waals surface area contributed by atoms with Crippen molar-refractivity contribution in [2.45, 2.75) is 23.9 Å². The third-order valence-corrected chi connectivity index (χ3v) is 7.23. The normalized spacial score (nSPS) is 14.3. The summed E-state index contributed by atoms with van der Waals surface area (Å²) in [7, 11) is 4.68. The van der Waals surface area contributed by atoms with Crippen LogP contribution >= 0.6 is 11.8 Å². The van der Waals surface area contributed by atoms with Crippen molar-refractivity contribution < 1.29 is 19.0 Å². The summed E-state index contributed by atoms with van der Waals surface area (Å²) < 4.78 is 18.5. The van der Waals surface area contributed by atoms with Crippen LogP contribution in [0.4, 0.5) is 11.6 Å². The highest BCUT2D eigenvalue weighted by atomic mass is 32.2. The van der Waals surface area contributed by atoms with Crippen molar-refractivity contribution in [1.82, 2.24) is 14.8 Å². The molecule has 0 fully saturated rings. The predicted molar refractivity (Wildman–Crippen MR) is 152 cm³/mol. The van der Waals surface area contributed by atoms with Gasteiger partial charge in [-0.05, 0) is 42.3 Å². The van der Waals surface area contributed by atoms with Crippen molar-refractivity contribution in [3.63, 3.8) is 0 Å². The van der Waals surface area contributed by atoms with Crippen molar-refractivity contribution in [3.8, 4) is 17.2 Å². The Morgan fingerprint density at radius 2 is 1.62 bits per heavy atom. The smallest absolute Gasteiger partial charge is 0.255 e. The van der Waals surface area contributed by atoms with Gasteiger partial charge >= 0.3 is 0 Å². The van der Waals surface area contributed by atoms with Crippen LogP contribution in [0.3, 0.4) is 0 Å². The zero-order valence-corrected chi connectivity index (χ0v) is 22.9. The summed E-state index contributed by atoms with van der Waals surface area (Å²) in [5.74, 6) is 2.42. The number of carbonyl (C=O) groups is 1. The minimum Gasteiger partial charge on any atom is -0.493 e. The van der Waals surface area contributed by atoms with Crippen LogP contribution in [0.5, 0.6) is 17.2 Å². The Hall–Kier alpha value is -4.44. The largest absolute Gasteiger partial charge is 0.493 e. The third-order valence-electron chi connectivity index (χ3n) is 6.32. The molecule has 4 aromatic rings. The van der Waals surface area contributed by atoms with E-state index in [0.717, 1.165) is 5.56 Å². The number of rotatable bonds is 9. The number of para-hydroxylation sites is 1. The van der Waals surface area contributed by atoms with Crippen LogP contribution < -0.4 is 24.8 Å². The van der Waals surface area contributed by atoms with Gasteiger partial charge in [0.1, 0.15) is 6.04 Å². The molecule has 0 spiro atoms. The molecule has 10 heteroatoms. The number of anilines is 2. The van der Waals surface area contributed by atoms with E-state index in [0.29, 0.717) is 51.1 Å². The van der Waals surface area contributed by atoms with Gasteiger partial charge in [-0.15, -0.1) is 5.10 Å². The van der Waals surface area contributed by atoms with E-state index in [4.69, 9.17) is 24.3 Å². The molecule has 1 aromatic heterocycles. The minimum absolute atomic E-state index is 0.260. The Morgan fingerprint density at radius 1 is 0.974 bits per heavy atom. The number of benzene rings is 3. The summed E-state index contributed by atoms with van der Waals surface area (Å²) in [6, 6.07) is 22.5. The van der Waals surface area contributed by atoms with E-state index in [1.54, 1.807) is 26.0 Å². The molecule has 1 aliphatic rings. The van der Waals surface area contributed by atoms with Crippen LogP contribution in [0.2, 0.25) is 0 Å². The van der Waals surface area contributed by atoms with Gasteiger partial charge in [0, 0.05) is 17.1 Å². The fourth-order valence-corrected chi connectivity index (χ4v) is 5.28. The predicted octanol–water partition coefficient (Wildman–Crippen LogP) is 5.52. The summed E-state index contributed by atoms with van der Waals surface area (Å²) in [5.41, 5.74) is 3.75. The van der Waals surface area contributed by atoms with Gasteiger partial charge in [-0.25, -0.2) is 4.68 Å². The van der Waals surface area contributed by atoms with Gasteiger partial charge in [-0.2, -0.15) is 4.98 Å². The van der Waals surface area contributed by atoms with Gasteiger partial charge in [0.25, 0.3) is 5.91 Å². The van der Waals surface area contributed by atoms with Gasteiger partial charge < -0.3 is 24.8 Å². The second-order valence-corrected chi connectivity index (χ2v) is 9.72. The number of hydrogen-bond donors (Lipinski definition) is 2. The fourth-order valence-electron chi connectivity index (χ4n) is 4.50. The molecule has 9 nitrogen and oxygen atoms in total. The number of amides is 1. The highest BCUT2D eigenvalue weighted by Gasteiger charge is 2.35. The maximum Gasteiger partial charge on any atom is 0.255 e. The average molecular weight is 544 g/mol. The molecule has 0 bridgehead atoms. The number of methoxy groups -OCH3 is 3. The van der Waals surface area contributed by atoms with Gasteiger partial charge in [0.2, 0.25) is 16.9 Å². The SMILES string of the molecule is COc1cc([C@@H]2C(C(=O)Nc3ccccc3)=C(C)Nc3nc(SCc4ccccc4)nn32)cc(OC)c1OC. The molecule has 3 aromatic carbocycles. The molecule has 1 atom stereocenters. The van der Waals surface area contributed by atoms with Crippen LogP contribution in [0.15, 0.2) is 89.2 Å². The lowest BCUT2D eigenvalue weighted by Crippen LogP contribution is -2.31. The molecule has 2 heterocycles. The van der Waals surface area contributed by atoms with E-state index in [1.165, 1.54) is 17.3 Å². The fraction of sp³-hybridized carbons (Fsp3) is 0.207. The number of ether oxygens (including phenoxy) is 3. The number of carbonyl (C=O) groups excluding carboxylic acids is 1.